The number of halogens is 1. The van der Waals surface area contributed by atoms with Crippen LogP contribution in [0.5, 0.6) is 11.5 Å². The molecule has 0 saturated heterocycles. The number of aromatic amines is 1. The van der Waals surface area contributed by atoms with Crippen LogP contribution in [-0.4, -0.2) is 4.98 Å². The highest BCUT2D eigenvalue weighted by Gasteiger charge is 2.18. The van der Waals surface area contributed by atoms with E-state index >= 15 is 0 Å². The summed E-state index contributed by atoms with van der Waals surface area (Å²) in [5.74, 6) is 0.921. The van der Waals surface area contributed by atoms with Gasteiger partial charge in [0.15, 0.2) is 5.43 Å². The number of aromatic nitrogens is 1. The molecule has 0 aliphatic heterocycles. The molecule has 134 valence electrons. The second-order valence-corrected chi connectivity index (χ2v) is 6.70. The van der Waals surface area contributed by atoms with Crippen molar-refractivity contribution in [2.45, 2.75) is 32.6 Å². The molecule has 3 aromatic rings. The van der Waals surface area contributed by atoms with E-state index < -0.39 is 0 Å². The molecule has 1 heterocycles. The Morgan fingerprint density at radius 2 is 1.58 bits per heavy atom. The lowest BCUT2D eigenvalue weighted by atomic mass is 9.91. The summed E-state index contributed by atoms with van der Waals surface area (Å²) in [6.07, 6.45) is 4.01. The molecular weight excluding hydrogens is 329 g/mol. The molecule has 0 amide bonds. The Kier molecular flexibility index (Phi) is 4.33. The fourth-order valence-electron chi connectivity index (χ4n) is 3.58. The number of hydrogen-bond acceptors (Lipinski definition) is 2. The van der Waals surface area contributed by atoms with Crippen LogP contribution in [0.4, 0.5) is 4.39 Å². The molecule has 0 spiro atoms. The second-order valence-electron chi connectivity index (χ2n) is 6.70. The highest BCUT2D eigenvalue weighted by molar-refractivity contribution is 5.67. The summed E-state index contributed by atoms with van der Waals surface area (Å²) in [4.78, 5) is 16.4. The third-order valence-corrected chi connectivity index (χ3v) is 4.87. The Labute approximate surface area is 153 Å². The minimum atomic E-state index is -0.296. The third kappa shape index (κ3) is 3.15. The van der Waals surface area contributed by atoms with Crippen molar-refractivity contribution in [2.75, 3.05) is 0 Å². The molecule has 4 rings (SSSR count). The average molecular weight is 351 g/mol. The van der Waals surface area contributed by atoms with E-state index in [4.69, 9.17) is 4.74 Å². The van der Waals surface area contributed by atoms with Gasteiger partial charge in [-0.2, -0.15) is 0 Å². The van der Waals surface area contributed by atoms with Crippen LogP contribution in [0.15, 0.2) is 53.3 Å². The number of aryl methyl sites for hydroxylation is 2. The van der Waals surface area contributed by atoms with Gasteiger partial charge in [0.2, 0.25) is 0 Å². The van der Waals surface area contributed by atoms with Gasteiger partial charge in [-0.15, -0.1) is 0 Å². The first-order valence-corrected chi connectivity index (χ1v) is 8.90. The maximum absolute atomic E-state index is 13.0. The molecule has 0 atom stereocenters. The lowest BCUT2D eigenvalue weighted by Gasteiger charge is -2.18. The van der Waals surface area contributed by atoms with Gasteiger partial charge in [0.25, 0.3) is 0 Å². The molecule has 0 fully saturated rings. The quantitative estimate of drug-likeness (QED) is 0.686. The molecule has 1 N–H and O–H groups in total. The summed E-state index contributed by atoms with van der Waals surface area (Å²) in [5, 5.41) is 0. The lowest BCUT2D eigenvalue weighted by molar-refractivity contribution is 0.480. The molecule has 2 aromatic carbocycles. The van der Waals surface area contributed by atoms with Gasteiger partial charge in [-0.05, 0) is 74.6 Å². The maximum atomic E-state index is 13.0. The van der Waals surface area contributed by atoms with Crippen molar-refractivity contribution >= 4 is 0 Å². The molecule has 0 unspecified atom stereocenters. The van der Waals surface area contributed by atoms with E-state index in [1.807, 2.05) is 31.2 Å². The molecular formula is C22H22FNO2. The average Bonchev–Trinajstić information content (AvgIpc) is 2.65. The zero-order valence-corrected chi connectivity index (χ0v) is 14.6. The van der Waals surface area contributed by atoms with E-state index in [2.05, 4.69) is 4.98 Å². The lowest BCUT2D eigenvalue weighted by Crippen LogP contribution is -2.21. The Balaban J connectivity index is 0.00000210. The smallest absolute Gasteiger partial charge is 0.193 e. The summed E-state index contributed by atoms with van der Waals surface area (Å²) in [5.41, 5.74) is 4.69. The Hall–Kier alpha value is -2.88. The van der Waals surface area contributed by atoms with Gasteiger partial charge in [0.1, 0.15) is 17.3 Å². The second kappa shape index (κ2) is 6.79. The van der Waals surface area contributed by atoms with E-state index in [0.717, 1.165) is 53.8 Å². The van der Waals surface area contributed by atoms with Crippen molar-refractivity contribution in [2.24, 2.45) is 0 Å². The summed E-state index contributed by atoms with van der Waals surface area (Å²) in [6.45, 7) is 1.95. The highest BCUT2D eigenvalue weighted by Crippen LogP contribution is 2.27. The molecule has 3 nitrogen and oxygen atoms in total. The normalized spacial score (nSPS) is 13.3. The van der Waals surface area contributed by atoms with Crippen molar-refractivity contribution in [1.82, 2.24) is 4.98 Å². The molecule has 1 aliphatic rings. The first kappa shape index (κ1) is 16.6. The summed E-state index contributed by atoms with van der Waals surface area (Å²) in [7, 11) is 0. The zero-order valence-electron chi connectivity index (χ0n) is 14.6. The third-order valence-electron chi connectivity index (χ3n) is 4.87. The fourth-order valence-corrected chi connectivity index (χ4v) is 3.58. The molecule has 1 aliphatic carbocycles. The SMILES string of the molecule is Cc1[nH]c2c(c(=O)c1-c1ccc(Oc3ccc(F)cc3)cc1)CCCC2.[HH]. The zero-order chi connectivity index (χ0) is 18.1. The number of ether oxygens (including phenoxy) is 1. The van der Waals surface area contributed by atoms with E-state index in [1.54, 1.807) is 12.1 Å². The van der Waals surface area contributed by atoms with Crippen LogP contribution in [0.3, 0.4) is 0 Å². The van der Waals surface area contributed by atoms with Gasteiger partial charge in [-0.3, -0.25) is 4.79 Å². The van der Waals surface area contributed by atoms with Gasteiger partial charge in [-0.1, -0.05) is 12.1 Å². The number of rotatable bonds is 3. The van der Waals surface area contributed by atoms with Gasteiger partial charge < -0.3 is 9.72 Å². The predicted octanol–water partition coefficient (Wildman–Crippen LogP) is 5.41. The standard InChI is InChI=1S/C22H20FNO2.H2/c1-14-21(22(25)19-4-2-3-5-20(19)24-14)15-6-10-17(11-7-15)26-18-12-8-16(23)9-13-18;/h6-13H,2-5H2,1H3,(H,24,25);1H. The van der Waals surface area contributed by atoms with Crippen molar-refractivity contribution in [3.8, 4) is 22.6 Å². The van der Waals surface area contributed by atoms with Crippen LogP contribution >= 0.6 is 0 Å². The van der Waals surface area contributed by atoms with Crippen LogP contribution in [-0.2, 0) is 12.8 Å². The van der Waals surface area contributed by atoms with Crippen LogP contribution in [0.1, 0.15) is 31.2 Å². The maximum Gasteiger partial charge on any atom is 0.193 e. The molecule has 0 bridgehead atoms. The monoisotopic (exact) mass is 351 g/mol. The summed E-state index contributed by atoms with van der Waals surface area (Å²) in [6, 6.07) is 13.3. The fraction of sp³-hybridized carbons (Fsp3) is 0.227. The molecule has 0 saturated carbocycles. The Bertz CT molecular complexity index is 995. The minimum Gasteiger partial charge on any atom is -0.457 e. The van der Waals surface area contributed by atoms with Gasteiger partial charge in [0, 0.05) is 23.9 Å². The molecule has 1 aromatic heterocycles. The largest absolute Gasteiger partial charge is 0.457 e. The Morgan fingerprint density at radius 1 is 0.962 bits per heavy atom. The first-order chi connectivity index (χ1) is 12.6. The van der Waals surface area contributed by atoms with Gasteiger partial charge >= 0.3 is 0 Å². The van der Waals surface area contributed by atoms with E-state index in [-0.39, 0.29) is 12.7 Å². The number of pyridine rings is 1. The van der Waals surface area contributed by atoms with Crippen molar-refractivity contribution < 1.29 is 10.6 Å². The minimum absolute atomic E-state index is 0. The number of fused-ring (bicyclic) bond motifs is 1. The highest BCUT2D eigenvalue weighted by atomic mass is 19.1. The van der Waals surface area contributed by atoms with E-state index in [1.165, 1.54) is 12.1 Å². The molecule has 26 heavy (non-hydrogen) atoms. The summed E-state index contributed by atoms with van der Waals surface area (Å²) >= 11 is 0. The van der Waals surface area contributed by atoms with Crippen LogP contribution in [0.2, 0.25) is 0 Å². The predicted molar refractivity (Wildman–Crippen MR) is 102 cm³/mol. The first-order valence-electron chi connectivity index (χ1n) is 8.90. The van der Waals surface area contributed by atoms with Crippen LogP contribution in [0, 0.1) is 12.7 Å². The van der Waals surface area contributed by atoms with Crippen molar-refractivity contribution in [3.63, 3.8) is 0 Å². The number of H-pyrrole nitrogens is 1. The van der Waals surface area contributed by atoms with E-state index in [0.29, 0.717) is 11.5 Å². The van der Waals surface area contributed by atoms with Crippen molar-refractivity contribution in [1.29, 1.82) is 0 Å². The number of nitrogens with one attached hydrogen (secondary N) is 1. The number of hydrogen-bond donors (Lipinski definition) is 1. The Morgan fingerprint density at radius 3 is 2.27 bits per heavy atom. The van der Waals surface area contributed by atoms with Gasteiger partial charge in [-0.25, -0.2) is 4.39 Å². The summed E-state index contributed by atoms with van der Waals surface area (Å²) < 4.78 is 18.7. The van der Waals surface area contributed by atoms with Crippen LogP contribution < -0.4 is 10.2 Å². The van der Waals surface area contributed by atoms with Crippen molar-refractivity contribution in [3.05, 3.63) is 81.5 Å². The topological polar surface area (TPSA) is 42.1 Å². The number of benzene rings is 2. The van der Waals surface area contributed by atoms with E-state index in [9.17, 15) is 9.18 Å². The molecule has 0 radical (unpaired) electrons. The van der Waals surface area contributed by atoms with Gasteiger partial charge in [0.05, 0.1) is 0 Å². The van der Waals surface area contributed by atoms with Crippen LogP contribution in [0.25, 0.3) is 11.1 Å². The molecule has 4 heteroatoms.